The molecular weight excluding hydrogens is 412 g/mol. The molecule has 8 heteroatoms. The zero-order valence-electron chi connectivity index (χ0n) is 17.3. The Morgan fingerprint density at radius 3 is 2.39 bits per heavy atom. The number of anilines is 4. The second-order valence-electron chi connectivity index (χ2n) is 7.60. The number of carbonyl (C=O) groups is 1. The fraction of sp³-hybridized carbons (Fsp3) is 0.261. The van der Waals surface area contributed by atoms with E-state index in [9.17, 15) is 4.79 Å². The molecule has 0 aliphatic carbocycles. The maximum atomic E-state index is 12.3. The highest BCUT2D eigenvalue weighted by atomic mass is 35.5. The van der Waals surface area contributed by atoms with Gasteiger partial charge in [0.05, 0.1) is 0 Å². The molecule has 0 unspecified atom stereocenters. The number of carbonyl (C=O) groups excluding carboxylic acids is 1. The summed E-state index contributed by atoms with van der Waals surface area (Å²) in [6, 6.07) is 17.0. The Morgan fingerprint density at radius 1 is 1.00 bits per heavy atom. The highest BCUT2D eigenvalue weighted by Crippen LogP contribution is 2.20. The number of urea groups is 1. The largest absolute Gasteiger partial charge is 0.341 e. The van der Waals surface area contributed by atoms with Crippen LogP contribution in [0.2, 0.25) is 5.02 Å². The third kappa shape index (κ3) is 5.86. The molecule has 1 aromatic heterocycles. The standard InChI is InChI=1S/C23H25ClN6O/c1-16-2-6-18(7-3-16)26-21-10-13-25-22(29-21)30-14-11-20(12-15-30)28-23(31)27-19-8-4-17(24)5-9-19/h2-10,13,20H,11-12,14-15H2,1H3,(H,25,26,29)(H2,27,28,31). The summed E-state index contributed by atoms with van der Waals surface area (Å²) < 4.78 is 0. The zero-order valence-corrected chi connectivity index (χ0v) is 18.1. The molecular formula is C23H25ClN6O. The highest BCUT2D eigenvalue weighted by molar-refractivity contribution is 6.30. The van der Waals surface area contributed by atoms with Crippen molar-refractivity contribution in [3.05, 3.63) is 71.4 Å². The molecule has 0 radical (unpaired) electrons. The summed E-state index contributed by atoms with van der Waals surface area (Å²) in [6.45, 7) is 3.62. The van der Waals surface area contributed by atoms with Gasteiger partial charge in [0.2, 0.25) is 5.95 Å². The number of rotatable bonds is 5. The Morgan fingerprint density at radius 2 is 1.68 bits per heavy atom. The number of aryl methyl sites for hydroxylation is 1. The van der Waals surface area contributed by atoms with Gasteiger partial charge in [-0.2, -0.15) is 4.98 Å². The molecule has 4 rings (SSSR count). The number of aromatic nitrogens is 2. The van der Waals surface area contributed by atoms with E-state index in [1.807, 2.05) is 18.2 Å². The van der Waals surface area contributed by atoms with Gasteiger partial charge in [-0.15, -0.1) is 0 Å². The normalized spacial score (nSPS) is 14.2. The van der Waals surface area contributed by atoms with Crippen molar-refractivity contribution in [2.75, 3.05) is 28.6 Å². The van der Waals surface area contributed by atoms with Crippen LogP contribution in [0.25, 0.3) is 0 Å². The number of hydrogen-bond acceptors (Lipinski definition) is 5. The molecule has 7 nitrogen and oxygen atoms in total. The van der Waals surface area contributed by atoms with Crippen molar-refractivity contribution in [1.29, 1.82) is 0 Å². The van der Waals surface area contributed by atoms with E-state index >= 15 is 0 Å². The van der Waals surface area contributed by atoms with Crippen LogP contribution in [0.5, 0.6) is 0 Å². The molecule has 3 aromatic rings. The minimum absolute atomic E-state index is 0.109. The number of nitrogens with zero attached hydrogens (tertiary/aromatic N) is 3. The summed E-state index contributed by atoms with van der Waals surface area (Å²) in [7, 11) is 0. The Kier molecular flexibility index (Phi) is 6.52. The van der Waals surface area contributed by atoms with Crippen molar-refractivity contribution in [2.24, 2.45) is 0 Å². The molecule has 2 amide bonds. The van der Waals surface area contributed by atoms with Crippen molar-refractivity contribution in [3.63, 3.8) is 0 Å². The fourth-order valence-electron chi connectivity index (χ4n) is 3.46. The lowest BCUT2D eigenvalue weighted by Crippen LogP contribution is -2.46. The monoisotopic (exact) mass is 436 g/mol. The molecule has 1 aliphatic rings. The van der Waals surface area contributed by atoms with Crippen molar-refractivity contribution in [3.8, 4) is 0 Å². The molecule has 1 fully saturated rings. The van der Waals surface area contributed by atoms with Crippen LogP contribution < -0.4 is 20.9 Å². The predicted molar refractivity (Wildman–Crippen MR) is 125 cm³/mol. The van der Waals surface area contributed by atoms with Crippen LogP contribution in [0.15, 0.2) is 60.8 Å². The van der Waals surface area contributed by atoms with Crippen LogP contribution in [0.3, 0.4) is 0 Å². The van der Waals surface area contributed by atoms with Crippen molar-refractivity contribution >= 4 is 40.8 Å². The Balaban J connectivity index is 1.28. The van der Waals surface area contributed by atoms with Crippen molar-refractivity contribution in [1.82, 2.24) is 15.3 Å². The summed E-state index contributed by atoms with van der Waals surface area (Å²) in [4.78, 5) is 23.5. The van der Waals surface area contributed by atoms with Gasteiger partial charge in [0.25, 0.3) is 0 Å². The van der Waals surface area contributed by atoms with Gasteiger partial charge in [-0.05, 0) is 62.2 Å². The van der Waals surface area contributed by atoms with Gasteiger partial charge in [0.15, 0.2) is 0 Å². The van der Waals surface area contributed by atoms with Gasteiger partial charge in [-0.25, -0.2) is 9.78 Å². The van der Waals surface area contributed by atoms with Gasteiger partial charge in [0.1, 0.15) is 5.82 Å². The van der Waals surface area contributed by atoms with Crippen LogP contribution in [-0.2, 0) is 0 Å². The van der Waals surface area contributed by atoms with Gasteiger partial charge in [-0.3, -0.25) is 0 Å². The van der Waals surface area contributed by atoms with Crippen molar-refractivity contribution < 1.29 is 4.79 Å². The number of benzene rings is 2. The molecule has 31 heavy (non-hydrogen) atoms. The topological polar surface area (TPSA) is 82.2 Å². The van der Waals surface area contributed by atoms with Gasteiger partial charge >= 0.3 is 6.03 Å². The van der Waals surface area contributed by atoms with E-state index in [-0.39, 0.29) is 12.1 Å². The van der Waals surface area contributed by atoms with E-state index in [0.29, 0.717) is 16.7 Å². The SMILES string of the molecule is Cc1ccc(Nc2ccnc(N3CCC(NC(=O)Nc4ccc(Cl)cc4)CC3)n2)cc1. The van der Waals surface area contributed by atoms with Crippen LogP contribution in [0.4, 0.5) is 27.9 Å². The molecule has 2 aromatic carbocycles. The summed E-state index contributed by atoms with van der Waals surface area (Å²) in [5, 5.41) is 9.84. The number of nitrogens with one attached hydrogen (secondary N) is 3. The third-order valence-electron chi connectivity index (χ3n) is 5.18. The first kappa shape index (κ1) is 20.9. The maximum Gasteiger partial charge on any atom is 0.319 e. The molecule has 1 aliphatic heterocycles. The Hall–Kier alpha value is -3.32. The second kappa shape index (κ2) is 9.66. The summed E-state index contributed by atoms with van der Waals surface area (Å²) in [5.74, 6) is 1.46. The number of amides is 2. The fourth-order valence-corrected chi connectivity index (χ4v) is 3.59. The van der Waals surface area contributed by atoms with E-state index in [1.54, 1.807) is 30.5 Å². The lowest BCUT2D eigenvalue weighted by Gasteiger charge is -2.32. The second-order valence-corrected chi connectivity index (χ2v) is 8.04. The maximum absolute atomic E-state index is 12.3. The lowest BCUT2D eigenvalue weighted by molar-refractivity contribution is 0.246. The van der Waals surface area contributed by atoms with E-state index in [2.05, 4.69) is 49.9 Å². The highest BCUT2D eigenvalue weighted by Gasteiger charge is 2.22. The smallest absolute Gasteiger partial charge is 0.319 e. The number of halogens is 1. The minimum atomic E-state index is -0.207. The van der Waals surface area contributed by atoms with E-state index in [0.717, 1.165) is 37.4 Å². The molecule has 2 heterocycles. The minimum Gasteiger partial charge on any atom is -0.341 e. The Bertz CT molecular complexity index is 1020. The van der Waals surface area contributed by atoms with E-state index in [1.165, 1.54) is 5.56 Å². The quantitative estimate of drug-likeness (QED) is 0.525. The molecule has 0 bridgehead atoms. The molecule has 0 saturated carbocycles. The first-order valence-corrected chi connectivity index (χ1v) is 10.7. The summed E-state index contributed by atoms with van der Waals surface area (Å²) in [5.41, 5.74) is 2.92. The summed E-state index contributed by atoms with van der Waals surface area (Å²) >= 11 is 5.88. The first-order chi connectivity index (χ1) is 15.0. The van der Waals surface area contributed by atoms with Crippen LogP contribution in [0.1, 0.15) is 18.4 Å². The van der Waals surface area contributed by atoms with Gasteiger partial charge < -0.3 is 20.9 Å². The first-order valence-electron chi connectivity index (χ1n) is 10.3. The summed E-state index contributed by atoms with van der Waals surface area (Å²) in [6.07, 6.45) is 3.42. The zero-order chi connectivity index (χ0) is 21.6. The molecule has 0 spiro atoms. The third-order valence-corrected chi connectivity index (χ3v) is 5.43. The molecule has 3 N–H and O–H groups in total. The molecule has 1 saturated heterocycles. The van der Waals surface area contributed by atoms with E-state index < -0.39 is 0 Å². The average molecular weight is 437 g/mol. The van der Waals surface area contributed by atoms with Crippen LogP contribution >= 0.6 is 11.6 Å². The average Bonchev–Trinajstić information content (AvgIpc) is 2.78. The Labute approximate surface area is 186 Å². The van der Waals surface area contributed by atoms with Gasteiger partial charge in [-0.1, -0.05) is 29.3 Å². The number of hydrogen-bond donors (Lipinski definition) is 3. The molecule has 0 atom stereocenters. The van der Waals surface area contributed by atoms with Crippen molar-refractivity contribution in [2.45, 2.75) is 25.8 Å². The van der Waals surface area contributed by atoms with E-state index in [4.69, 9.17) is 11.6 Å². The molecule has 160 valence electrons. The van der Waals surface area contributed by atoms with Crippen LogP contribution in [-0.4, -0.2) is 35.1 Å². The van der Waals surface area contributed by atoms with Crippen LogP contribution in [0, 0.1) is 6.92 Å². The lowest BCUT2D eigenvalue weighted by atomic mass is 10.1. The predicted octanol–water partition coefficient (Wildman–Crippen LogP) is 4.97. The van der Waals surface area contributed by atoms with Gasteiger partial charge in [0, 0.05) is 41.7 Å². The number of piperidine rings is 1.